The molecule has 0 atom stereocenters. The van der Waals surface area contributed by atoms with E-state index in [0.29, 0.717) is 92.5 Å². The van der Waals surface area contributed by atoms with Crippen LogP contribution in [0.15, 0.2) is 12.2 Å². The van der Waals surface area contributed by atoms with Crippen molar-refractivity contribution in [1.82, 2.24) is 4.90 Å². The number of carbonyl (C=O) groups excluding carboxylic acids is 2. The number of unbranched alkanes of at least 4 members (excludes halogenated alkanes) is 4. The minimum atomic E-state index is -0.300. The molecule has 0 saturated carbocycles. The third-order valence-corrected chi connectivity index (χ3v) is 5.36. The summed E-state index contributed by atoms with van der Waals surface area (Å²) < 4.78 is 43.6. The van der Waals surface area contributed by atoms with Gasteiger partial charge in [-0.15, -0.1) is 0 Å². The summed E-state index contributed by atoms with van der Waals surface area (Å²) in [6.45, 7) is 10.7. The number of rotatable bonds is 30. The standard InChI is InChI=1S/C27H49NO10/c1-2-3-4-5-6-10-31-12-14-33-16-18-35-20-22-37-24-25-38-23-21-36-19-17-34-15-13-32-11-9-28-26(29)7-8-27(28)30/h7-8H,2-6,9-25H2,1H3. The fourth-order valence-corrected chi connectivity index (χ4v) is 3.26. The zero-order valence-corrected chi connectivity index (χ0v) is 23.2. The lowest BCUT2D eigenvalue weighted by Crippen LogP contribution is -2.33. The molecule has 1 aliphatic heterocycles. The molecular formula is C27H49NO10. The Bertz CT molecular complexity index is 572. The Hall–Kier alpha value is -1.44. The molecule has 11 heteroatoms. The van der Waals surface area contributed by atoms with Gasteiger partial charge < -0.3 is 37.9 Å². The molecule has 11 nitrogen and oxygen atoms in total. The zero-order chi connectivity index (χ0) is 27.4. The van der Waals surface area contributed by atoms with Crippen LogP contribution in [0.5, 0.6) is 0 Å². The highest BCUT2D eigenvalue weighted by atomic mass is 16.6. The molecule has 1 rings (SSSR count). The summed E-state index contributed by atoms with van der Waals surface area (Å²) >= 11 is 0. The number of hydrogen-bond donors (Lipinski definition) is 0. The molecule has 38 heavy (non-hydrogen) atoms. The van der Waals surface area contributed by atoms with Gasteiger partial charge in [0.1, 0.15) is 0 Å². The maximum Gasteiger partial charge on any atom is 0.253 e. The Kier molecular flexibility index (Phi) is 24.7. The fourth-order valence-electron chi connectivity index (χ4n) is 3.26. The van der Waals surface area contributed by atoms with Crippen LogP contribution in [0.4, 0.5) is 0 Å². The molecule has 2 amide bonds. The van der Waals surface area contributed by atoms with Gasteiger partial charge in [-0.25, -0.2) is 0 Å². The van der Waals surface area contributed by atoms with Crippen molar-refractivity contribution in [2.75, 3.05) is 112 Å². The van der Waals surface area contributed by atoms with Crippen molar-refractivity contribution >= 4 is 11.8 Å². The second-order valence-electron chi connectivity index (χ2n) is 8.47. The van der Waals surface area contributed by atoms with Gasteiger partial charge in [0.05, 0.1) is 106 Å². The average Bonchev–Trinajstić information content (AvgIpc) is 3.24. The first kappa shape index (κ1) is 34.6. The average molecular weight is 548 g/mol. The van der Waals surface area contributed by atoms with Crippen molar-refractivity contribution in [2.45, 2.75) is 39.0 Å². The smallest absolute Gasteiger partial charge is 0.253 e. The van der Waals surface area contributed by atoms with E-state index < -0.39 is 0 Å². The van der Waals surface area contributed by atoms with Gasteiger partial charge in [0.15, 0.2) is 0 Å². The number of carbonyl (C=O) groups is 2. The normalized spacial score (nSPS) is 13.3. The summed E-state index contributed by atoms with van der Waals surface area (Å²) in [6, 6.07) is 0. The monoisotopic (exact) mass is 547 g/mol. The Morgan fingerprint density at radius 2 is 0.763 bits per heavy atom. The zero-order valence-electron chi connectivity index (χ0n) is 23.2. The van der Waals surface area contributed by atoms with E-state index in [2.05, 4.69) is 6.92 Å². The molecule has 0 N–H and O–H groups in total. The molecule has 0 saturated heterocycles. The van der Waals surface area contributed by atoms with Gasteiger partial charge in [0, 0.05) is 18.8 Å². The Morgan fingerprint density at radius 1 is 0.447 bits per heavy atom. The van der Waals surface area contributed by atoms with E-state index >= 15 is 0 Å². The second kappa shape index (κ2) is 27.1. The molecule has 222 valence electrons. The highest BCUT2D eigenvalue weighted by molar-refractivity contribution is 6.12. The van der Waals surface area contributed by atoms with Crippen LogP contribution in [-0.2, 0) is 47.5 Å². The van der Waals surface area contributed by atoms with E-state index in [0.717, 1.165) is 17.9 Å². The van der Waals surface area contributed by atoms with Crippen molar-refractivity contribution < 1.29 is 47.5 Å². The van der Waals surface area contributed by atoms with Gasteiger partial charge in [-0.1, -0.05) is 32.6 Å². The summed E-state index contributed by atoms with van der Waals surface area (Å²) in [5.74, 6) is -0.600. The second-order valence-corrected chi connectivity index (χ2v) is 8.47. The van der Waals surface area contributed by atoms with Gasteiger partial charge in [0.2, 0.25) is 0 Å². The van der Waals surface area contributed by atoms with Crippen molar-refractivity contribution in [3.05, 3.63) is 12.2 Å². The first-order valence-electron chi connectivity index (χ1n) is 13.9. The third kappa shape index (κ3) is 21.5. The summed E-state index contributed by atoms with van der Waals surface area (Å²) in [4.78, 5) is 23.9. The van der Waals surface area contributed by atoms with Crippen molar-refractivity contribution in [3.63, 3.8) is 0 Å². The Balaban J connectivity index is 1.64. The number of ether oxygens (including phenoxy) is 8. The summed E-state index contributed by atoms with van der Waals surface area (Å²) in [5, 5.41) is 0. The van der Waals surface area contributed by atoms with Crippen LogP contribution >= 0.6 is 0 Å². The number of nitrogens with zero attached hydrogens (tertiary/aromatic N) is 1. The molecular weight excluding hydrogens is 498 g/mol. The van der Waals surface area contributed by atoms with Crippen molar-refractivity contribution in [3.8, 4) is 0 Å². The molecule has 1 heterocycles. The molecule has 0 spiro atoms. The molecule has 0 fully saturated rings. The summed E-state index contributed by atoms with van der Waals surface area (Å²) in [5.41, 5.74) is 0. The summed E-state index contributed by atoms with van der Waals surface area (Å²) in [6.07, 6.45) is 8.78. The molecule has 1 aliphatic rings. The summed E-state index contributed by atoms with van der Waals surface area (Å²) in [7, 11) is 0. The van der Waals surface area contributed by atoms with Crippen LogP contribution in [0.3, 0.4) is 0 Å². The minimum absolute atomic E-state index is 0.248. The van der Waals surface area contributed by atoms with Gasteiger partial charge >= 0.3 is 0 Å². The van der Waals surface area contributed by atoms with Gasteiger partial charge in [-0.3, -0.25) is 14.5 Å². The van der Waals surface area contributed by atoms with E-state index in [1.165, 1.54) is 37.8 Å². The first-order chi connectivity index (χ1) is 18.8. The maximum absolute atomic E-state index is 11.4. The van der Waals surface area contributed by atoms with Gasteiger partial charge in [0.25, 0.3) is 11.8 Å². The van der Waals surface area contributed by atoms with Crippen LogP contribution < -0.4 is 0 Å². The lowest BCUT2D eigenvalue weighted by molar-refractivity contribution is -0.137. The SMILES string of the molecule is CCCCCCCOCCOCCOCCOCCOCCOCCOCCOCCN1C(=O)C=CC1=O. The van der Waals surface area contributed by atoms with E-state index in [1.807, 2.05) is 0 Å². The quantitative estimate of drug-likeness (QED) is 0.0978. The third-order valence-electron chi connectivity index (χ3n) is 5.36. The topological polar surface area (TPSA) is 111 Å². The number of hydrogen-bond acceptors (Lipinski definition) is 10. The molecule has 0 unspecified atom stereocenters. The van der Waals surface area contributed by atoms with Gasteiger partial charge in [-0.05, 0) is 6.42 Å². The predicted molar refractivity (Wildman–Crippen MR) is 141 cm³/mol. The van der Waals surface area contributed by atoms with E-state index in [1.54, 1.807) is 0 Å². The highest BCUT2D eigenvalue weighted by Gasteiger charge is 2.22. The highest BCUT2D eigenvalue weighted by Crippen LogP contribution is 2.03. The molecule has 0 aromatic heterocycles. The van der Waals surface area contributed by atoms with Gasteiger partial charge in [-0.2, -0.15) is 0 Å². The van der Waals surface area contributed by atoms with Crippen LogP contribution in [0, 0.1) is 0 Å². The largest absolute Gasteiger partial charge is 0.379 e. The Labute approximate surface area is 228 Å². The molecule has 0 aromatic rings. The fraction of sp³-hybridized carbons (Fsp3) is 0.852. The van der Waals surface area contributed by atoms with Crippen molar-refractivity contribution in [1.29, 1.82) is 0 Å². The molecule has 0 radical (unpaired) electrons. The predicted octanol–water partition coefficient (Wildman–Crippen LogP) is 2.01. The van der Waals surface area contributed by atoms with E-state index in [9.17, 15) is 9.59 Å². The lowest BCUT2D eigenvalue weighted by Gasteiger charge is -2.13. The number of imide groups is 1. The molecule has 0 bridgehead atoms. The minimum Gasteiger partial charge on any atom is -0.379 e. The molecule has 0 aliphatic carbocycles. The van der Waals surface area contributed by atoms with E-state index in [-0.39, 0.29) is 25.0 Å². The van der Waals surface area contributed by atoms with Crippen LogP contribution in [0.25, 0.3) is 0 Å². The lowest BCUT2D eigenvalue weighted by atomic mass is 10.2. The number of amides is 2. The van der Waals surface area contributed by atoms with Crippen LogP contribution in [0.2, 0.25) is 0 Å². The van der Waals surface area contributed by atoms with E-state index in [4.69, 9.17) is 37.9 Å². The Morgan fingerprint density at radius 3 is 1.13 bits per heavy atom. The maximum atomic E-state index is 11.4. The van der Waals surface area contributed by atoms with Crippen LogP contribution in [-0.4, -0.2) is 129 Å². The van der Waals surface area contributed by atoms with Crippen LogP contribution in [0.1, 0.15) is 39.0 Å². The van der Waals surface area contributed by atoms with Crippen molar-refractivity contribution in [2.24, 2.45) is 0 Å². The first-order valence-corrected chi connectivity index (χ1v) is 13.9. The molecule has 0 aromatic carbocycles.